The van der Waals surface area contributed by atoms with E-state index < -0.39 is 13.9 Å². The van der Waals surface area contributed by atoms with Crippen molar-refractivity contribution in [1.82, 2.24) is 0 Å². The average Bonchev–Trinajstić information content (AvgIpc) is 3.04. The molecular formula is C37H68NO7P. The Bertz CT molecular complexity index is 844. The molecule has 46 heavy (non-hydrogen) atoms. The fourth-order valence-corrected chi connectivity index (χ4v) is 5.36. The third-order valence-electron chi connectivity index (χ3n) is 7.23. The Hall–Kier alpha value is -1.54. The minimum Gasteiger partial charge on any atom is -0.457 e. The van der Waals surface area contributed by atoms with Crippen molar-refractivity contribution < 1.29 is 32.8 Å². The molecule has 0 aliphatic rings. The molecule has 0 rings (SSSR count). The molecule has 0 aromatic rings. The Balaban J connectivity index is 4.18. The third-order valence-corrected chi connectivity index (χ3v) is 8.21. The molecule has 268 valence electrons. The molecular weight excluding hydrogens is 601 g/mol. The van der Waals surface area contributed by atoms with E-state index in [-0.39, 0.29) is 32.3 Å². The van der Waals surface area contributed by atoms with Crippen LogP contribution in [0.4, 0.5) is 0 Å². The number of ether oxygens (including phenoxy) is 2. The Kier molecular flexibility index (Phi) is 33.6. The fraction of sp³-hybridized carbons (Fsp3) is 0.757. The molecule has 0 saturated heterocycles. The number of nitrogens with two attached hydrogens (primary N) is 1. The smallest absolute Gasteiger partial charge is 0.457 e. The van der Waals surface area contributed by atoms with Gasteiger partial charge in [0.1, 0.15) is 6.10 Å². The molecule has 0 heterocycles. The number of rotatable bonds is 34. The van der Waals surface area contributed by atoms with Gasteiger partial charge in [0.05, 0.1) is 19.8 Å². The summed E-state index contributed by atoms with van der Waals surface area (Å²) in [5, 5.41) is 0. The van der Waals surface area contributed by atoms with E-state index in [9.17, 15) is 14.3 Å². The Morgan fingerprint density at radius 3 is 1.85 bits per heavy atom. The number of allylic oxidation sites excluding steroid dienone is 8. The molecule has 3 N–H and O–H groups in total. The lowest BCUT2D eigenvalue weighted by atomic mass is 10.1. The number of unbranched alkanes of at least 4 members (excludes halogenated alkanes) is 13. The largest absolute Gasteiger partial charge is 0.472 e. The molecule has 0 aromatic carbocycles. The normalized spacial score (nSPS) is 14.3. The monoisotopic (exact) mass is 669 g/mol. The van der Waals surface area contributed by atoms with Crippen molar-refractivity contribution >= 4 is 13.8 Å². The molecule has 0 aliphatic carbocycles. The van der Waals surface area contributed by atoms with Crippen LogP contribution in [-0.4, -0.2) is 49.9 Å². The predicted molar refractivity (Wildman–Crippen MR) is 192 cm³/mol. The maximum absolute atomic E-state index is 12.5. The van der Waals surface area contributed by atoms with Gasteiger partial charge in [-0.25, -0.2) is 4.57 Å². The van der Waals surface area contributed by atoms with Gasteiger partial charge in [-0.3, -0.25) is 13.8 Å². The van der Waals surface area contributed by atoms with Crippen molar-refractivity contribution in [3.8, 4) is 0 Å². The zero-order chi connectivity index (χ0) is 33.8. The predicted octanol–water partition coefficient (Wildman–Crippen LogP) is 10.1. The number of carbonyl (C=O) groups excluding carboxylic acids is 1. The van der Waals surface area contributed by atoms with Crippen LogP contribution in [0, 0.1) is 0 Å². The molecule has 0 amide bonds. The van der Waals surface area contributed by atoms with Crippen LogP contribution >= 0.6 is 7.82 Å². The summed E-state index contributed by atoms with van der Waals surface area (Å²) in [5.41, 5.74) is 5.34. The van der Waals surface area contributed by atoms with Crippen molar-refractivity contribution in [1.29, 1.82) is 0 Å². The molecule has 0 aliphatic heterocycles. The van der Waals surface area contributed by atoms with Crippen LogP contribution in [0.25, 0.3) is 0 Å². The van der Waals surface area contributed by atoms with Gasteiger partial charge in [0.15, 0.2) is 0 Å². The Labute approximate surface area is 281 Å². The van der Waals surface area contributed by atoms with Gasteiger partial charge in [-0.1, -0.05) is 114 Å². The molecule has 0 saturated carbocycles. The van der Waals surface area contributed by atoms with Gasteiger partial charge >= 0.3 is 13.8 Å². The minimum atomic E-state index is -4.28. The van der Waals surface area contributed by atoms with Gasteiger partial charge < -0.3 is 20.1 Å². The molecule has 0 spiro atoms. The Morgan fingerprint density at radius 2 is 1.22 bits per heavy atom. The molecule has 2 atom stereocenters. The van der Waals surface area contributed by atoms with Crippen molar-refractivity contribution in [2.75, 3.05) is 33.0 Å². The van der Waals surface area contributed by atoms with Crippen LogP contribution in [0.15, 0.2) is 48.6 Å². The number of esters is 1. The first-order chi connectivity index (χ1) is 22.4. The summed E-state index contributed by atoms with van der Waals surface area (Å²) in [6, 6.07) is 0. The number of hydrogen-bond acceptors (Lipinski definition) is 7. The first-order valence-electron chi connectivity index (χ1n) is 18.1. The summed E-state index contributed by atoms with van der Waals surface area (Å²) in [6.07, 6.45) is 38.4. The van der Waals surface area contributed by atoms with Gasteiger partial charge in [0.2, 0.25) is 0 Å². The van der Waals surface area contributed by atoms with Crippen LogP contribution in [0.2, 0.25) is 0 Å². The zero-order valence-electron chi connectivity index (χ0n) is 29.3. The second-order valence-corrected chi connectivity index (χ2v) is 13.2. The van der Waals surface area contributed by atoms with Crippen LogP contribution in [0.1, 0.15) is 142 Å². The second-order valence-electron chi connectivity index (χ2n) is 11.7. The van der Waals surface area contributed by atoms with E-state index in [0.717, 1.165) is 83.5 Å². The lowest BCUT2D eigenvalue weighted by Gasteiger charge is -2.20. The summed E-state index contributed by atoms with van der Waals surface area (Å²) < 4.78 is 33.2. The molecule has 0 fully saturated rings. The summed E-state index contributed by atoms with van der Waals surface area (Å²) in [4.78, 5) is 22.3. The number of carbonyl (C=O) groups is 1. The molecule has 0 aromatic heterocycles. The van der Waals surface area contributed by atoms with E-state index in [0.29, 0.717) is 13.0 Å². The first-order valence-corrected chi connectivity index (χ1v) is 19.6. The van der Waals surface area contributed by atoms with Gasteiger partial charge in [-0.2, -0.15) is 0 Å². The molecule has 8 nitrogen and oxygen atoms in total. The average molecular weight is 670 g/mol. The van der Waals surface area contributed by atoms with Crippen molar-refractivity contribution in [3.63, 3.8) is 0 Å². The minimum absolute atomic E-state index is 0.0933. The molecule has 9 heteroatoms. The van der Waals surface area contributed by atoms with Crippen LogP contribution in [0.5, 0.6) is 0 Å². The van der Waals surface area contributed by atoms with Crippen molar-refractivity contribution in [3.05, 3.63) is 48.6 Å². The standard InChI is InChI=1S/C37H68NO7P/c1-3-5-7-9-11-13-15-17-19-21-23-25-27-29-32-42-34-36(35-44-46(40,41)43-33-31-38)45-37(39)30-28-26-24-22-20-18-16-14-12-10-8-6-4-2/h5,7,11,13-14,16-17,19,36H,3-4,6,8-10,12,15,18,20-35,38H2,1-2H3,(H,40,41)/b7-5-,13-11-,16-14-,19-17-. The highest BCUT2D eigenvalue weighted by Gasteiger charge is 2.25. The first kappa shape index (κ1) is 44.5. The van der Waals surface area contributed by atoms with Crippen molar-refractivity contribution in [2.45, 2.75) is 148 Å². The molecule has 0 bridgehead atoms. The van der Waals surface area contributed by atoms with Gasteiger partial charge in [-0.15, -0.1) is 0 Å². The quantitative estimate of drug-likeness (QED) is 0.0301. The maximum Gasteiger partial charge on any atom is 0.472 e. The van der Waals surface area contributed by atoms with Crippen LogP contribution in [-0.2, 0) is 27.9 Å². The van der Waals surface area contributed by atoms with Crippen LogP contribution in [0.3, 0.4) is 0 Å². The SMILES string of the molecule is CC/C=C\C/C=C\C/C=C\CCCCCCOCC(COP(=O)(O)OCCN)OC(=O)CCCCCCC/C=C\CCCCCC. The summed E-state index contributed by atoms with van der Waals surface area (Å²) in [6.45, 7) is 4.70. The van der Waals surface area contributed by atoms with E-state index >= 15 is 0 Å². The second kappa shape index (κ2) is 34.8. The van der Waals surface area contributed by atoms with E-state index in [1.807, 2.05) is 0 Å². The highest BCUT2D eigenvalue weighted by molar-refractivity contribution is 7.47. The lowest BCUT2D eigenvalue weighted by molar-refractivity contribution is -0.154. The third kappa shape index (κ3) is 33.8. The van der Waals surface area contributed by atoms with E-state index in [4.69, 9.17) is 24.3 Å². The number of hydrogen-bond donors (Lipinski definition) is 2. The van der Waals surface area contributed by atoms with E-state index in [1.165, 1.54) is 38.5 Å². The highest BCUT2D eigenvalue weighted by atomic mass is 31.2. The Morgan fingerprint density at radius 1 is 0.674 bits per heavy atom. The van der Waals surface area contributed by atoms with Gasteiger partial charge in [-0.05, 0) is 70.6 Å². The van der Waals surface area contributed by atoms with Crippen LogP contribution < -0.4 is 5.73 Å². The van der Waals surface area contributed by atoms with Gasteiger partial charge in [0, 0.05) is 19.6 Å². The number of phosphoric ester groups is 1. The maximum atomic E-state index is 12.5. The lowest BCUT2D eigenvalue weighted by Crippen LogP contribution is -2.28. The molecule has 0 radical (unpaired) electrons. The summed E-state index contributed by atoms with van der Waals surface area (Å²) >= 11 is 0. The summed E-state index contributed by atoms with van der Waals surface area (Å²) in [7, 11) is -4.28. The van der Waals surface area contributed by atoms with E-state index in [2.05, 4.69) is 62.5 Å². The number of phosphoric acid groups is 1. The summed E-state index contributed by atoms with van der Waals surface area (Å²) in [5.74, 6) is -0.351. The van der Waals surface area contributed by atoms with Crippen molar-refractivity contribution in [2.24, 2.45) is 5.73 Å². The zero-order valence-corrected chi connectivity index (χ0v) is 30.2. The van der Waals surface area contributed by atoms with Gasteiger partial charge in [0.25, 0.3) is 0 Å². The topological polar surface area (TPSA) is 117 Å². The molecule has 2 unspecified atom stereocenters. The fourth-order valence-electron chi connectivity index (χ4n) is 4.59. The highest BCUT2D eigenvalue weighted by Crippen LogP contribution is 2.43. The van der Waals surface area contributed by atoms with E-state index in [1.54, 1.807) is 0 Å².